The molecule has 0 spiro atoms. The molecule has 0 fully saturated rings. The minimum Gasteiger partial charge on any atom is -0.489 e. The SMILES string of the molecule is Cc1cc(OC/C=C(\c2ccc(F)cc2)c2ccc(-c3ccccc3)cc2)ccc1OCC(=O)O. The zero-order valence-corrected chi connectivity index (χ0v) is 19.3. The highest BCUT2D eigenvalue weighted by molar-refractivity contribution is 5.81. The lowest BCUT2D eigenvalue weighted by atomic mass is 9.95. The maximum absolute atomic E-state index is 13.5. The van der Waals surface area contributed by atoms with Crippen LogP contribution in [0.3, 0.4) is 0 Å². The molecule has 35 heavy (non-hydrogen) atoms. The third-order valence-corrected chi connectivity index (χ3v) is 5.49. The van der Waals surface area contributed by atoms with Crippen LogP contribution in [0.15, 0.2) is 103 Å². The molecule has 0 aliphatic rings. The monoisotopic (exact) mass is 468 g/mol. The molecule has 1 N–H and O–H groups in total. The Hall–Kier alpha value is -4.38. The maximum Gasteiger partial charge on any atom is 0.341 e. The molecule has 4 aromatic rings. The van der Waals surface area contributed by atoms with Gasteiger partial charge in [0.05, 0.1) is 0 Å². The third kappa shape index (κ3) is 6.36. The molecule has 5 heteroatoms. The van der Waals surface area contributed by atoms with Gasteiger partial charge < -0.3 is 14.6 Å². The molecule has 176 valence electrons. The molecule has 0 radical (unpaired) electrons. The Morgan fingerprint density at radius 2 is 1.46 bits per heavy atom. The van der Waals surface area contributed by atoms with Crippen LogP contribution in [0.4, 0.5) is 4.39 Å². The molecule has 4 nitrogen and oxygen atoms in total. The Labute approximate surface area is 203 Å². The van der Waals surface area contributed by atoms with Crippen LogP contribution in [0, 0.1) is 12.7 Å². The highest BCUT2D eigenvalue weighted by Crippen LogP contribution is 2.28. The van der Waals surface area contributed by atoms with Crippen LogP contribution in [0.5, 0.6) is 11.5 Å². The van der Waals surface area contributed by atoms with E-state index in [1.807, 2.05) is 31.2 Å². The van der Waals surface area contributed by atoms with Crippen LogP contribution in [0.2, 0.25) is 0 Å². The predicted molar refractivity (Wildman–Crippen MR) is 135 cm³/mol. The summed E-state index contributed by atoms with van der Waals surface area (Å²) < 4.78 is 24.7. The van der Waals surface area contributed by atoms with Gasteiger partial charge in [-0.15, -0.1) is 0 Å². The smallest absolute Gasteiger partial charge is 0.341 e. The zero-order chi connectivity index (χ0) is 24.6. The van der Waals surface area contributed by atoms with E-state index in [9.17, 15) is 9.18 Å². The van der Waals surface area contributed by atoms with Gasteiger partial charge in [0.2, 0.25) is 0 Å². The second-order valence-corrected chi connectivity index (χ2v) is 7.99. The van der Waals surface area contributed by atoms with Crippen molar-refractivity contribution in [2.24, 2.45) is 0 Å². The number of hydrogen-bond donors (Lipinski definition) is 1. The van der Waals surface area contributed by atoms with Crippen LogP contribution >= 0.6 is 0 Å². The standard InChI is InChI=1S/C30H25FO4/c1-21-19-27(15-16-29(21)35-20-30(32)33)34-18-17-28(25-11-13-26(31)14-12-25)24-9-7-23(8-10-24)22-5-3-2-4-6-22/h2-17,19H,18,20H2,1H3,(H,32,33)/b28-17-. The summed E-state index contributed by atoms with van der Waals surface area (Å²) in [4.78, 5) is 10.7. The van der Waals surface area contributed by atoms with Crippen molar-refractivity contribution in [3.8, 4) is 22.6 Å². The van der Waals surface area contributed by atoms with E-state index in [1.54, 1.807) is 30.3 Å². The number of carbonyl (C=O) groups is 1. The predicted octanol–water partition coefficient (Wildman–Crippen LogP) is 6.78. The molecular weight excluding hydrogens is 443 g/mol. The van der Waals surface area contributed by atoms with Crippen molar-refractivity contribution in [2.45, 2.75) is 6.92 Å². The van der Waals surface area contributed by atoms with E-state index in [-0.39, 0.29) is 5.82 Å². The van der Waals surface area contributed by atoms with Gasteiger partial charge in [-0.25, -0.2) is 9.18 Å². The average Bonchev–Trinajstić information content (AvgIpc) is 2.87. The molecule has 0 bridgehead atoms. The van der Waals surface area contributed by atoms with Crippen molar-refractivity contribution in [3.05, 3.63) is 126 Å². The summed E-state index contributed by atoms with van der Waals surface area (Å²) in [6.45, 7) is 1.73. The number of hydrogen-bond acceptors (Lipinski definition) is 3. The normalized spacial score (nSPS) is 11.2. The van der Waals surface area contributed by atoms with Gasteiger partial charge in [0.1, 0.15) is 23.9 Å². The minimum absolute atomic E-state index is 0.288. The molecule has 0 amide bonds. The van der Waals surface area contributed by atoms with Crippen molar-refractivity contribution < 1.29 is 23.8 Å². The quantitative estimate of drug-likeness (QED) is 0.294. The second kappa shape index (κ2) is 11.2. The molecule has 0 saturated heterocycles. The molecule has 0 aliphatic carbocycles. The summed E-state index contributed by atoms with van der Waals surface area (Å²) in [7, 11) is 0. The van der Waals surface area contributed by atoms with Gasteiger partial charge in [0.15, 0.2) is 6.61 Å². The van der Waals surface area contributed by atoms with Gasteiger partial charge in [0.25, 0.3) is 0 Å². The topological polar surface area (TPSA) is 55.8 Å². The summed E-state index contributed by atoms with van der Waals surface area (Å²) >= 11 is 0. The number of aliphatic carboxylic acids is 1. The van der Waals surface area contributed by atoms with Gasteiger partial charge in [-0.05, 0) is 76.7 Å². The number of carboxylic acids is 1. The van der Waals surface area contributed by atoms with Crippen molar-refractivity contribution in [1.29, 1.82) is 0 Å². The van der Waals surface area contributed by atoms with Gasteiger partial charge in [0, 0.05) is 0 Å². The van der Waals surface area contributed by atoms with Crippen LogP contribution in [0.25, 0.3) is 16.7 Å². The molecule has 0 unspecified atom stereocenters. The lowest BCUT2D eigenvalue weighted by Gasteiger charge is -2.12. The Kier molecular flexibility index (Phi) is 7.58. The van der Waals surface area contributed by atoms with Crippen molar-refractivity contribution in [3.63, 3.8) is 0 Å². The first-order chi connectivity index (χ1) is 17.0. The Morgan fingerprint density at radius 3 is 2.09 bits per heavy atom. The lowest BCUT2D eigenvalue weighted by Crippen LogP contribution is -2.10. The van der Waals surface area contributed by atoms with Crippen LogP contribution in [-0.2, 0) is 4.79 Å². The van der Waals surface area contributed by atoms with Gasteiger partial charge in [-0.2, -0.15) is 0 Å². The molecular formula is C30H25FO4. The van der Waals surface area contributed by atoms with E-state index in [2.05, 4.69) is 36.4 Å². The van der Waals surface area contributed by atoms with Crippen LogP contribution in [0.1, 0.15) is 16.7 Å². The van der Waals surface area contributed by atoms with Crippen molar-refractivity contribution in [1.82, 2.24) is 0 Å². The average molecular weight is 469 g/mol. The van der Waals surface area contributed by atoms with E-state index in [4.69, 9.17) is 14.6 Å². The van der Waals surface area contributed by atoms with Crippen LogP contribution < -0.4 is 9.47 Å². The van der Waals surface area contributed by atoms with E-state index >= 15 is 0 Å². The molecule has 0 heterocycles. The summed E-state index contributed by atoms with van der Waals surface area (Å²) in [5, 5.41) is 8.79. The fraction of sp³-hybridized carbons (Fsp3) is 0.100. The highest BCUT2D eigenvalue weighted by Gasteiger charge is 2.08. The number of ether oxygens (including phenoxy) is 2. The first-order valence-electron chi connectivity index (χ1n) is 11.2. The summed E-state index contributed by atoms with van der Waals surface area (Å²) in [6.07, 6.45) is 1.97. The third-order valence-electron chi connectivity index (χ3n) is 5.49. The minimum atomic E-state index is -1.03. The Balaban J connectivity index is 1.54. The van der Waals surface area contributed by atoms with E-state index in [1.165, 1.54) is 12.1 Å². The summed E-state index contributed by atoms with van der Waals surface area (Å²) in [5.41, 5.74) is 5.85. The molecule has 0 aliphatic heterocycles. The molecule has 4 aromatic carbocycles. The number of rotatable bonds is 9. The van der Waals surface area contributed by atoms with Gasteiger partial charge >= 0.3 is 5.97 Å². The first-order valence-corrected chi connectivity index (χ1v) is 11.2. The number of benzene rings is 4. The summed E-state index contributed by atoms with van der Waals surface area (Å²) in [6, 6.07) is 30.0. The number of carboxylic acid groups (broad SMARTS) is 1. The second-order valence-electron chi connectivity index (χ2n) is 7.99. The molecule has 0 aromatic heterocycles. The highest BCUT2D eigenvalue weighted by atomic mass is 19.1. The number of halogens is 1. The summed E-state index contributed by atoms with van der Waals surface area (Å²) in [5.74, 6) is -0.176. The number of aryl methyl sites for hydroxylation is 1. The fourth-order valence-electron chi connectivity index (χ4n) is 3.74. The molecule has 0 saturated carbocycles. The Morgan fingerprint density at radius 1 is 0.829 bits per heavy atom. The zero-order valence-electron chi connectivity index (χ0n) is 19.3. The largest absolute Gasteiger partial charge is 0.489 e. The van der Waals surface area contributed by atoms with E-state index < -0.39 is 12.6 Å². The van der Waals surface area contributed by atoms with Crippen LogP contribution in [-0.4, -0.2) is 24.3 Å². The van der Waals surface area contributed by atoms with Gasteiger partial charge in [-0.1, -0.05) is 66.7 Å². The maximum atomic E-state index is 13.5. The molecule has 4 rings (SSSR count). The molecule has 0 atom stereocenters. The Bertz CT molecular complexity index is 1310. The van der Waals surface area contributed by atoms with Gasteiger partial charge in [-0.3, -0.25) is 0 Å². The van der Waals surface area contributed by atoms with E-state index in [0.29, 0.717) is 18.1 Å². The first kappa shape index (κ1) is 23.8. The van der Waals surface area contributed by atoms with E-state index in [0.717, 1.165) is 33.4 Å². The fourth-order valence-corrected chi connectivity index (χ4v) is 3.74. The van der Waals surface area contributed by atoms with Crippen molar-refractivity contribution in [2.75, 3.05) is 13.2 Å². The lowest BCUT2D eigenvalue weighted by molar-refractivity contribution is -0.139. The van der Waals surface area contributed by atoms with Crippen molar-refractivity contribution >= 4 is 11.5 Å².